The van der Waals surface area contributed by atoms with Crippen molar-refractivity contribution in [1.82, 2.24) is 0 Å². The second-order valence-corrected chi connectivity index (χ2v) is 5.32. The smallest absolute Gasteiger partial charge is 0.194 e. The van der Waals surface area contributed by atoms with E-state index >= 15 is 0 Å². The van der Waals surface area contributed by atoms with Crippen molar-refractivity contribution in [3.8, 4) is 0 Å². The molecule has 1 nitrogen and oxygen atoms in total. The number of nitrogens with zero attached hydrogens (tertiary/aromatic N) is 1. The van der Waals surface area contributed by atoms with Crippen molar-refractivity contribution in [2.45, 2.75) is 45.6 Å². The van der Waals surface area contributed by atoms with Gasteiger partial charge >= 0.3 is 0 Å². The molecule has 0 N–H and O–H groups in total. The maximum absolute atomic E-state index is 13.3. The van der Waals surface area contributed by atoms with Crippen LogP contribution in [0.4, 0.5) is 18.9 Å². The topological polar surface area (TPSA) is 3.24 Å². The monoisotopic (exact) mass is 271 g/mol. The van der Waals surface area contributed by atoms with E-state index in [0.29, 0.717) is 17.6 Å². The summed E-state index contributed by atoms with van der Waals surface area (Å²) >= 11 is 0. The minimum atomic E-state index is -1.39. The molecule has 1 aromatic rings. The molecule has 1 aromatic carbocycles. The van der Waals surface area contributed by atoms with Gasteiger partial charge in [-0.25, -0.2) is 13.2 Å². The number of benzene rings is 1. The predicted octanol–water partition coefficient (Wildman–Crippen LogP) is 4.51. The molecule has 0 saturated heterocycles. The quantitative estimate of drug-likeness (QED) is 0.712. The van der Waals surface area contributed by atoms with Crippen LogP contribution in [0.1, 0.15) is 39.5 Å². The van der Waals surface area contributed by atoms with Crippen LogP contribution in [0.5, 0.6) is 0 Å². The normalized spacial score (nSPS) is 22.2. The Morgan fingerprint density at radius 3 is 2.16 bits per heavy atom. The third kappa shape index (κ3) is 2.88. The second-order valence-electron chi connectivity index (χ2n) is 5.32. The van der Waals surface area contributed by atoms with Crippen LogP contribution in [-0.4, -0.2) is 12.6 Å². The van der Waals surface area contributed by atoms with Crippen LogP contribution >= 0.6 is 0 Å². The van der Waals surface area contributed by atoms with Crippen LogP contribution in [0.2, 0.25) is 0 Å². The van der Waals surface area contributed by atoms with Gasteiger partial charge in [0.25, 0.3) is 0 Å². The van der Waals surface area contributed by atoms with Gasteiger partial charge in [-0.2, -0.15) is 0 Å². The van der Waals surface area contributed by atoms with Crippen LogP contribution in [-0.2, 0) is 0 Å². The maximum atomic E-state index is 13.3. The standard InChI is InChI=1S/C15H20F3N/c1-3-5-19(11-6-10(4-2)7-11)12-8-13(16)15(18)14(17)9-12/h8-11H,3-7H2,1-2H3. The van der Waals surface area contributed by atoms with Crippen LogP contribution in [0.25, 0.3) is 0 Å². The van der Waals surface area contributed by atoms with Crippen molar-refractivity contribution in [2.75, 3.05) is 11.4 Å². The minimum Gasteiger partial charge on any atom is -0.368 e. The molecule has 0 bridgehead atoms. The molecule has 0 radical (unpaired) electrons. The van der Waals surface area contributed by atoms with Gasteiger partial charge in [0.1, 0.15) is 0 Å². The SMILES string of the molecule is CCCN(c1cc(F)c(F)c(F)c1)C1CC(CC)C1. The highest BCUT2D eigenvalue weighted by Crippen LogP contribution is 2.37. The number of rotatable bonds is 5. The zero-order valence-electron chi connectivity index (χ0n) is 11.4. The molecule has 1 aliphatic rings. The van der Waals surface area contributed by atoms with E-state index < -0.39 is 17.5 Å². The Balaban J connectivity index is 2.20. The number of hydrogen-bond donors (Lipinski definition) is 0. The summed E-state index contributed by atoms with van der Waals surface area (Å²) in [7, 11) is 0. The Morgan fingerprint density at radius 2 is 1.68 bits per heavy atom. The zero-order valence-corrected chi connectivity index (χ0v) is 11.4. The van der Waals surface area contributed by atoms with Gasteiger partial charge in [0.2, 0.25) is 0 Å². The highest BCUT2D eigenvalue weighted by Gasteiger charge is 2.32. The van der Waals surface area contributed by atoms with Crippen LogP contribution in [0.15, 0.2) is 12.1 Å². The maximum Gasteiger partial charge on any atom is 0.194 e. The van der Waals surface area contributed by atoms with Crippen molar-refractivity contribution < 1.29 is 13.2 Å². The summed E-state index contributed by atoms with van der Waals surface area (Å²) in [4.78, 5) is 2.01. The molecule has 1 saturated carbocycles. The third-order valence-corrected chi connectivity index (χ3v) is 3.99. The first-order chi connectivity index (χ1) is 9.06. The van der Waals surface area contributed by atoms with E-state index in [1.165, 1.54) is 0 Å². The van der Waals surface area contributed by atoms with E-state index in [2.05, 4.69) is 6.92 Å². The lowest BCUT2D eigenvalue weighted by atomic mass is 9.77. The zero-order chi connectivity index (χ0) is 14.0. The van der Waals surface area contributed by atoms with Crippen molar-refractivity contribution in [1.29, 1.82) is 0 Å². The molecule has 0 aromatic heterocycles. The number of anilines is 1. The first kappa shape index (κ1) is 14.2. The molecule has 0 aliphatic heterocycles. The van der Waals surface area contributed by atoms with Gasteiger partial charge in [-0.3, -0.25) is 0 Å². The van der Waals surface area contributed by atoms with E-state index in [1.807, 2.05) is 11.8 Å². The van der Waals surface area contributed by atoms with Crippen molar-refractivity contribution in [2.24, 2.45) is 5.92 Å². The van der Waals surface area contributed by atoms with E-state index in [-0.39, 0.29) is 0 Å². The van der Waals surface area contributed by atoms with E-state index in [9.17, 15) is 13.2 Å². The van der Waals surface area contributed by atoms with Crippen molar-refractivity contribution in [3.05, 3.63) is 29.6 Å². The van der Waals surface area contributed by atoms with Gasteiger partial charge in [-0.1, -0.05) is 20.3 Å². The molecule has 0 heterocycles. The summed E-state index contributed by atoms with van der Waals surface area (Å²) in [5.41, 5.74) is 0.456. The highest BCUT2D eigenvalue weighted by atomic mass is 19.2. The molecular formula is C15H20F3N. The molecule has 0 spiro atoms. The van der Waals surface area contributed by atoms with Crippen LogP contribution in [0, 0.1) is 23.4 Å². The Morgan fingerprint density at radius 1 is 1.11 bits per heavy atom. The van der Waals surface area contributed by atoms with Gasteiger partial charge in [-0.05, 0) is 25.2 Å². The van der Waals surface area contributed by atoms with Crippen molar-refractivity contribution in [3.63, 3.8) is 0 Å². The van der Waals surface area contributed by atoms with E-state index in [0.717, 1.165) is 44.4 Å². The molecule has 1 fully saturated rings. The predicted molar refractivity (Wildman–Crippen MR) is 70.8 cm³/mol. The second kappa shape index (κ2) is 5.85. The summed E-state index contributed by atoms with van der Waals surface area (Å²) in [5, 5.41) is 0. The van der Waals surface area contributed by atoms with Crippen LogP contribution < -0.4 is 4.90 Å². The summed E-state index contributed by atoms with van der Waals surface area (Å²) in [6.45, 7) is 4.92. The first-order valence-electron chi connectivity index (χ1n) is 6.98. The molecule has 1 aliphatic carbocycles. The summed E-state index contributed by atoms with van der Waals surface area (Å²) < 4.78 is 39.7. The van der Waals surface area contributed by atoms with Gasteiger partial charge in [-0.15, -0.1) is 0 Å². The largest absolute Gasteiger partial charge is 0.368 e. The lowest BCUT2D eigenvalue weighted by molar-refractivity contribution is 0.244. The molecule has 2 rings (SSSR count). The van der Waals surface area contributed by atoms with Gasteiger partial charge < -0.3 is 4.90 Å². The van der Waals surface area contributed by atoms with Crippen LogP contribution in [0.3, 0.4) is 0 Å². The van der Waals surface area contributed by atoms with Gasteiger partial charge in [0.15, 0.2) is 17.5 Å². The fraction of sp³-hybridized carbons (Fsp3) is 0.600. The average molecular weight is 271 g/mol. The first-order valence-corrected chi connectivity index (χ1v) is 6.98. The Bertz CT molecular complexity index is 418. The molecule has 4 heteroatoms. The third-order valence-electron chi connectivity index (χ3n) is 3.99. The highest BCUT2D eigenvalue weighted by molar-refractivity contribution is 5.49. The molecule has 106 valence electrons. The summed E-state index contributed by atoms with van der Waals surface area (Å²) in [6, 6.07) is 2.54. The average Bonchev–Trinajstić information content (AvgIpc) is 2.33. The lowest BCUT2D eigenvalue weighted by Gasteiger charge is -2.44. The Hall–Kier alpha value is -1.19. The molecular weight excluding hydrogens is 251 g/mol. The fourth-order valence-corrected chi connectivity index (χ4v) is 2.76. The van der Waals surface area contributed by atoms with Crippen molar-refractivity contribution >= 4 is 5.69 Å². The fourth-order valence-electron chi connectivity index (χ4n) is 2.76. The van der Waals surface area contributed by atoms with Gasteiger partial charge in [0.05, 0.1) is 0 Å². The lowest BCUT2D eigenvalue weighted by Crippen LogP contribution is -2.45. The number of hydrogen-bond acceptors (Lipinski definition) is 1. The molecule has 19 heavy (non-hydrogen) atoms. The summed E-state index contributed by atoms with van der Waals surface area (Å²) in [6.07, 6.45) is 4.14. The molecule has 0 amide bonds. The summed E-state index contributed by atoms with van der Waals surface area (Å²) in [5.74, 6) is -2.90. The van der Waals surface area contributed by atoms with E-state index in [4.69, 9.17) is 0 Å². The Kier molecular flexibility index (Phi) is 4.38. The Labute approximate surface area is 112 Å². The molecule has 0 atom stereocenters. The van der Waals surface area contributed by atoms with Gasteiger partial charge in [0, 0.05) is 30.4 Å². The molecule has 0 unspecified atom stereocenters. The number of halogens is 3. The minimum absolute atomic E-state index is 0.328. The van der Waals surface area contributed by atoms with E-state index in [1.54, 1.807) is 0 Å².